The number of anilines is 1. The molecule has 0 aliphatic rings. The number of ether oxygens (including phenoxy) is 2. The highest BCUT2D eigenvalue weighted by molar-refractivity contribution is 5.96. The first-order valence-electron chi connectivity index (χ1n) is 8.58. The van der Waals surface area contributed by atoms with Crippen molar-refractivity contribution in [3.8, 4) is 11.5 Å². The Morgan fingerprint density at radius 1 is 0.964 bits per heavy atom. The maximum absolute atomic E-state index is 13.5. The van der Waals surface area contributed by atoms with Crippen LogP contribution in [0, 0.1) is 12.7 Å². The minimum atomic E-state index is -0.697. The average molecular weight is 379 g/mol. The van der Waals surface area contributed by atoms with E-state index < -0.39 is 24.3 Å². The number of rotatable bonds is 6. The van der Waals surface area contributed by atoms with Crippen LogP contribution in [0.3, 0.4) is 0 Å². The van der Waals surface area contributed by atoms with Gasteiger partial charge in [-0.3, -0.25) is 4.79 Å². The van der Waals surface area contributed by atoms with E-state index in [1.807, 2.05) is 18.2 Å². The van der Waals surface area contributed by atoms with Gasteiger partial charge in [0.05, 0.1) is 0 Å². The fraction of sp³-hybridized carbons (Fsp3) is 0.0909. The molecule has 1 amide bonds. The van der Waals surface area contributed by atoms with Crippen LogP contribution in [0.1, 0.15) is 15.9 Å². The van der Waals surface area contributed by atoms with E-state index in [0.717, 1.165) is 0 Å². The van der Waals surface area contributed by atoms with Gasteiger partial charge in [-0.15, -0.1) is 0 Å². The molecule has 1 N–H and O–H groups in total. The molecule has 0 radical (unpaired) electrons. The summed E-state index contributed by atoms with van der Waals surface area (Å²) in [5.74, 6) is -0.807. The molecule has 0 aliphatic heterocycles. The molecule has 0 saturated heterocycles. The lowest BCUT2D eigenvalue weighted by molar-refractivity contribution is -0.119. The van der Waals surface area contributed by atoms with Crippen molar-refractivity contribution in [2.45, 2.75) is 6.92 Å². The van der Waals surface area contributed by atoms with Gasteiger partial charge in [-0.2, -0.15) is 0 Å². The standard InChI is InChI=1S/C22H18FNO4/c1-15-11-12-16(13-19(15)23)24-21(25)14-27-22(26)18-9-5-6-10-20(18)28-17-7-3-2-4-8-17/h2-13H,14H2,1H3,(H,24,25). The Morgan fingerprint density at radius 3 is 2.43 bits per heavy atom. The fourth-order valence-corrected chi connectivity index (χ4v) is 2.42. The highest BCUT2D eigenvalue weighted by atomic mass is 19.1. The van der Waals surface area contributed by atoms with Crippen LogP contribution < -0.4 is 10.1 Å². The first-order valence-corrected chi connectivity index (χ1v) is 8.58. The quantitative estimate of drug-likeness (QED) is 0.630. The van der Waals surface area contributed by atoms with Crippen molar-refractivity contribution in [1.82, 2.24) is 0 Å². The van der Waals surface area contributed by atoms with Crippen LogP contribution in [-0.2, 0) is 9.53 Å². The summed E-state index contributed by atoms with van der Waals surface area (Å²) in [6.45, 7) is 1.12. The molecule has 0 atom stereocenters. The van der Waals surface area contributed by atoms with Crippen molar-refractivity contribution in [2.75, 3.05) is 11.9 Å². The molecular formula is C22H18FNO4. The van der Waals surface area contributed by atoms with Crippen LogP contribution in [0.5, 0.6) is 11.5 Å². The van der Waals surface area contributed by atoms with Crippen LogP contribution in [0.25, 0.3) is 0 Å². The summed E-state index contributed by atoms with van der Waals surface area (Å²) in [6, 6.07) is 19.9. The van der Waals surface area contributed by atoms with E-state index in [1.54, 1.807) is 55.5 Å². The molecule has 0 aromatic heterocycles. The van der Waals surface area contributed by atoms with Gasteiger partial charge in [0.2, 0.25) is 0 Å². The van der Waals surface area contributed by atoms with Gasteiger partial charge in [0, 0.05) is 5.69 Å². The number of hydrogen-bond acceptors (Lipinski definition) is 4. The summed E-state index contributed by atoms with van der Waals surface area (Å²) >= 11 is 0. The summed E-state index contributed by atoms with van der Waals surface area (Å²) in [6.07, 6.45) is 0. The van der Waals surface area contributed by atoms with Crippen molar-refractivity contribution < 1.29 is 23.5 Å². The molecule has 6 heteroatoms. The molecule has 0 saturated carbocycles. The molecular weight excluding hydrogens is 361 g/mol. The average Bonchev–Trinajstić information content (AvgIpc) is 2.70. The largest absolute Gasteiger partial charge is 0.456 e. The molecule has 3 aromatic carbocycles. The highest BCUT2D eigenvalue weighted by Gasteiger charge is 2.16. The van der Waals surface area contributed by atoms with Crippen LogP contribution in [0.2, 0.25) is 0 Å². The number of nitrogens with one attached hydrogen (secondary N) is 1. The monoisotopic (exact) mass is 379 g/mol. The first kappa shape index (κ1) is 19.1. The Kier molecular flexibility index (Phi) is 6.01. The molecule has 0 spiro atoms. The van der Waals surface area contributed by atoms with Crippen LogP contribution in [-0.4, -0.2) is 18.5 Å². The Bertz CT molecular complexity index is 989. The van der Waals surface area contributed by atoms with Crippen LogP contribution >= 0.6 is 0 Å². The van der Waals surface area contributed by atoms with Gasteiger partial charge in [0.15, 0.2) is 6.61 Å². The van der Waals surface area contributed by atoms with Crippen molar-refractivity contribution in [3.05, 3.63) is 89.7 Å². The number of benzene rings is 3. The third kappa shape index (κ3) is 4.94. The maximum atomic E-state index is 13.5. The minimum absolute atomic E-state index is 0.195. The number of aryl methyl sites for hydroxylation is 1. The zero-order valence-electron chi connectivity index (χ0n) is 15.1. The summed E-state index contributed by atoms with van der Waals surface area (Å²) in [5.41, 5.74) is 0.956. The predicted molar refractivity (Wildman–Crippen MR) is 103 cm³/mol. The van der Waals surface area contributed by atoms with Crippen LogP contribution in [0.4, 0.5) is 10.1 Å². The Balaban J connectivity index is 1.61. The van der Waals surface area contributed by atoms with Gasteiger partial charge < -0.3 is 14.8 Å². The molecule has 5 nitrogen and oxygen atoms in total. The summed E-state index contributed by atoms with van der Waals surface area (Å²) < 4.78 is 24.3. The van der Waals surface area contributed by atoms with Gasteiger partial charge in [-0.05, 0) is 48.9 Å². The molecule has 0 unspecified atom stereocenters. The molecule has 3 aromatic rings. The van der Waals surface area contributed by atoms with Gasteiger partial charge in [0.1, 0.15) is 22.9 Å². The molecule has 0 bridgehead atoms. The van der Waals surface area contributed by atoms with E-state index in [0.29, 0.717) is 17.1 Å². The maximum Gasteiger partial charge on any atom is 0.342 e. The van der Waals surface area contributed by atoms with E-state index >= 15 is 0 Å². The predicted octanol–water partition coefficient (Wildman–Crippen LogP) is 4.72. The molecule has 0 fully saturated rings. The Labute approximate surface area is 161 Å². The van der Waals surface area contributed by atoms with Gasteiger partial charge in [-0.1, -0.05) is 36.4 Å². The van der Waals surface area contributed by atoms with Crippen molar-refractivity contribution in [1.29, 1.82) is 0 Å². The molecule has 28 heavy (non-hydrogen) atoms. The zero-order chi connectivity index (χ0) is 19.9. The highest BCUT2D eigenvalue weighted by Crippen LogP contribution is 2.25. The summed E-state index contributed by atoms with van der Waals surface area (Å²) in [4.78, 5) is 24.3. The van der Waals surface area contributed by atoms with Gasteiger partial charge in [-0.25, -0.2) is 9.18 Å². The molecule has 3 rings (SSSR count). The third-order valence-corrected chi connectivity index (χ3v) is 3.87. The second kappa shape index (κ2) is 8.81. The molecule has 142 valence electrons. The van der Waals surface area contributed by atoms with E-state index in [4.69, 9.17) is 9.47 Å². The third-order valence-electron chi connectivity index (χ3n) is 3.87. The van der Waals surface area contributed by atoms with Crippen molar-refractivity contribution in [3.63, 3.8) is 0 Å². The van der Waals surface area contributed by atoms with Crippen molar-refractivity contribution >= 4 is 17.6 Å². The lowest BCUT2D eigenvalue weighted by atomic mass is 10.2. The molecule has 0 aliphatic carbocycles. The number of para-hydroxylation sites is 2. The van der Waals surface area contributed by atoms with Gasteiger partial charge in [0.25, 0.3) is 5.91 Å². The minimum Gasteiger partial charge on any atom is -0.456 e. The summed E-state index contributed by atoms with van der Waals surface area (Å²) in [5, 5.41) is 2.48. The number of esters is 1. The van der Waals surface area contributed by atoms with Crippen LogP contribution in [0.15, 0.2) is 72.8 Å². The number of carbonyl (C=O) groups is 2. The summed E-state index contributed by atoms with van der Waals surface area (Å²) in [7, 11) is 0. The van der Waals surface area contributed by atoms with E-state index in [9.17, 15) is 14.0 Å². The Hall–Kier alpha value is -3.67. The second-order valence-corrected chi connectivity index (χ2v) is 6.00. The second-order valence-electron chi connectivity index (χ2n) is 6.00. The smallest absolute Gasteiger partial charge is 0.342 e. The zero-order valence-corrected chi connectivity index (χ0v) is 15.1. The Morgan fingerprint density at radius 2 is 1.68 bits per heavy atom. The first-order chi connectivity index (χ1) is 13.5. The van der Waals surface area contributed by atoms with E-state index in [1.165, 1.54) is 6.07 Å². The normalized spacial score (nSPS) is 10.2. The fourth-order valence-electron chi connectivity index (χ4n) is 2.42. The number of amides is 1. The van der Waals surface area contributed by atoms with Gasteiger partial charge >= 0.3 is 5.97 Å². The SMILES string of the molecule is Cc1ccc(NC(=O)COC(=O)c2ccccc2Oc2ccccc2)cc1F. The topological polar surface area (TPSA) is 64.6 Å². The van der Waals surface area contributed by atoms with E-state index in [2.05, 4.69) is 5.32 Å². The number of carbonyl (C=O) groups excluding carboxylic acids is 2. The lowest BCUT2D eigenvalue weighted by Gasteiger charge is -2.11. The molecule has 0 heterocycles. The van der Waals surface area contributed by atoms with Crippen molar-refractivity contribution in [2.24, 2.45) is 0 Å². The lowest BCUT2D eigenvalue weighted by Crippen LogP contribution is -2.21. The van der Waals surface area contributed by atoms with E-state index in [-0.39, 0.29) is 11.3 Å². The number of halogens is 1. The number of hydrogen-bond donors (Lipinski definition) is 1.